The Morgan fingerprint density at radius 3 is 2.52 bits per heavy atom. The molecule has 0 spiro atoms. The minimum atomic E-state index is -0.163. The lowest BCUT2D eigenvalue weighted by Gasteiger charge is -2.35. The molecule has 7 heteroatoms. The van der Waals surface area contributed by atoms with E-state index in [2.05, 4.69) is 17.3 Å². The fourth-order valence-electron chi connectivity index (χ4n) is 3.50. The quantitative estimate of drug-likeness (QED) is 0.894. The molecule has 2 fully saturated rings. The van der Waals surface area contributed by atoms with Gasteiger partial charge in [-0.15, -0.1) is 0 Å². The van der Waals surface area contributed by atoms with Gasteiger partial charge in [0.05, 0.1) is 6.04 Å². The third-order valence-electron chi connectivity index (χ3n) is 5.15. The Kier molecular flexibility index (Phi) is 5.49. The van der Waals surface area contributed by atoms with Gasteiger partial charge in [0, 0.05) is 36.8 Å². The largest absolute Gasteiger partial charge is 0.333 e. The summed E-state index contributed by atoms with van der Waals surface area (Å²) in [6.45, 7) is 2.51. The first-order chi connectivity index (χ1) is 11.9. The van der Waals surface area contributed by atoms with Crippen molar-refractivity contribution in [1.82, 2.24) is 15.1 Å². The maximum absolute atomic E-state index is 12.5. The van der Waals surface area contributed by atoms with Gasteiger partial charge in [-0.05, 0) is 57.2 Å². The van der Waals surface area contributed by atoms with Crippen LogP contribution in [0.25, 0.3) is 0 Å². The van der Waals surface area contributed by atoms with E-state index in [4.69, 9.17) is 11.6 Å². The van der Waals surface area contributed by atoms with E-state index in [-0.39, 0.29) is 24.0 Å². The maximum atomic E-state index is 12.5. The molecule has 2 saturated heterocycles. The van der Waals surface area contributed by atoms with Crippen LogP contribution in [0.15, 0.2) is 24.3 Å². The molecule has 2 aliphatic heterocycles. The first-order valence-corrected chi connectivity index (χ1v) is 9.09. The van der Waals surface area contributed by atoms with Gasteiger partial charge in [0.15, 0.2) is 0 Å². The van der Waals surface area contributed by atoms with Gasteiger partial charge in [-0.1, -0.05) is 11.6 Å². The number of hydrogen-bond acceptors (Lipinski definition) is 3. The van der Waals surface area contributed by atoms with E-state index in [1.54, 1.807) is 21.9 Å². The molecule has 2 aliphatic rings. The number of nitrogens with zero attached hydrogens (tertiary/aromatic N) is 3. The Labute approximate surface area is 153 Å². The van der Waals surface area contributed by atoms with Crippen molar-refractivity contribution >= 4 is 29.2 Å². The zero-order valence-corrected chi connectivity index (χ0v) is 15.5. The van der Waals surface area contributed by atoms with Crippen molar-refractivity contribution in [2.75, 3.05) is 38.6 Å². The molecule has 136 valence electrons. The van der Waals surface area contributed by atoms with Gasteiger partial charge in [0.1, 0.15) is 0 Å². The second-order valence-corrected chi connectivity index (χ2v) is 7.41. The summed E-state index contributed by atoms with van der Waals surface area (Å²) < 4.78 is 0. The van der Waals surface area contributed by atoms with Crippen molar-refractivity contribution in [3.05, 3.63) is 29.3 Å². The van der Waals surface area contributed by atoms with E-state index in [0.717, 1.165) is 31.6 Å². The van der Waals surface area contributed by atoms with Gasteiger partial charge in [0.2, 0.25) is 5.91 Å². The van der Waals surface area contributed by atoms with Gasteiger partial charge < -0.3 is 20.0 Å². The third kappa shape index (κ3) is 4.25. The minimum absolute atomic E-state index is 0.0227. The Hall–Kier alpha value is -1.79. The topological polar surface area (TPSA) is 55.9 Å². The van der Waals surface area contributed by atoms with E-state index < -0.39 is 0 Å². The zero-order valence-electron chi connectivity index (χ0n) is 14.7. The Morgan fingerprint density at radius 2 is 1.88 bits per heavy atom. The predicted molar refractivity (Wildman–Crippen MR) is 99.0 cm³/mol. The van der Waals surface area contributed by atoms with Crippen molar-refractivity contribution < 1.29 is 9.59 Å². The van der Waals surface area contributed by atoms with Crippen molar-refractivity contribution in [3.8, 4) is 0 Å². The highest BCUT2D eigenvalue weighted by atomic mass is 35.5. The van der Waals surface area contributed by atoms with Gasteiger partial charge in [-0.3, -0.25) is 4.79 Å². The van der Waals surface area contributed by atoms with Crippen molar-refractivity contribution in [3.63, 3.8) is 0 Å². The monoisotopic (exact) mass is 364 g/mol. The Bertz CT molecular complexity index is 628. The second kappa shape index (κ2) is 7.62. The fourth-order valence-corrected chi connectivity index (χ4v) is 3.63. The van der Waals surface area contributed by atoms with Gasteiger partial charge in [-0.25, -0.2) is 4.79 Å². The average molecular weight is 365 g/mol. The highest BCUT2D eigenvalue weighted by molar-refractivity contribution is 6.30. The van der Waals surface area contributed by atoms with Crippen LogP contribution in [0.2, 0.25) is 5.02 Å². The van der Waals surface area contributed by atoms with Crippen molar-refractivity contribution in [1.29, 1.82) is 0 Å². The molecule has 3 rings (SSSR count). The van der Waals surface area contributed by atoms with Crippen LogP contribution >= 0.6 is 11.6 Å². The third-order valence-corrected chi connectivity index (χ3v) is 5.40. The number of amides is 3. The molecule has 1 N–H and O–H groups in total. The lowest BCUT2D eigenvalue weighted by atomic mass is 10.0. The summed E-state index contributed by atoms with van der Waals surface area (Å²) in [5.74, 6) is 0.0227. The molecule has 3 amide bonds. The highest BCUT2D eigenvalue weighted by Crippen LogP contribution is 2.23. The van der Waals surface area contributed by atoms with Crippen LogP contribution in [0.3, 0.4) is 0 Å². The summed E-state index contributed by atoms with van der Waals surface area (Å²) in [4.78, 5) is 30.6. The predicted octanol–water partition coefficient (Wildman–Crippen LogP) is 2.18. The number of carbonyl (C=O) groups excluding carboxylic acids is 2. The summed E-state index contributed by atoms with van der Waals surface area (Å²) in [6, 6.07) is 7.20. The van der Waals surface area contributed by atoms with E-state index in [9.17, 15) is 9.59 Å². The van der Waals surface area contributed by atoms with Crippen LogP contribution < -0.4 is 10.2 Å². The number of hydrogen-bond donors (Lipinski definition) is 1. The number of urea groups is 1. The zero-order chi connectivity index (χ0) is 18.0. The van der Waals surface area contributed by atoms with Gasteiger partial charge in [0.25, 0.3) is 0 Å². The SMILES string of the molecule is CN1CCC(N(C)C(=O)NC2CC(=O)N(c3ccc(Cl)cc3)C2)CC1. The van der Waals surface area contributed by atoms with Crippen LogP contribution in [0.1, 0.15) is 19.3 Å². The number of rotatable bonds is 3. The standard InChI is InChI=1S/C18H25ClN4O2/c1-21-9-7-15(8-10-21)22(2)18(25)20-14-11-17(24)23(12-14)16-5-3-13(19)4-6-16/h3-6,14-15H,7-12H2,1-2H3,(H,20,25). The molecular formula is C18H25ClN4O2. The molecule has 6 nitrogen and oxygen atoms in total. The molecule has 0 aliphatic carbocycles. The van der Waals surface area contributed by atoms with Gasteiger partial charge >= 0.3 is 6.03 Å². The Balaban J connectivity index is 1.55. The number of likely N-dealkylation sites (tertiary alicyclic amines) is 1. The lowest BCUT2D eigenvalue weighted by molar-refractivity contribution is -0.117. The molecule has 1 unspecified atom stereocenters. The summed E-state index contributed by atoms with van der Waals surface area (Å²) >= 11 is 5.90. The minimum Gasteiger partial charge on any atom is -0.333 e. The molecule has 0 radical (unpaired) electrons. The molecule has 2 heterocycles. The van der Waals surface area contributed by atoms with Crippen molar-refractivity contribution in [2.45, 2.75) is 31.3 Å². The summed E-state index contributed by atoms with van der Waals surface area (Å²) in [5, 5.41) is 3.65. The summed E-state index contributed by atoms with van der Waals surface area (Å²) in [7, 11) is 3.95. The van der Waals surface area contributed by atoms with Gasteiger partial charge in [-0.2, -0.15) is 0 Å². The molecule has 25 heavy (non-hydrogen) atoms. The highest BCUT2D eigenvalue weighted by Gasteiger charge is 2.33. The fraction of sp³-hybridized carbons (Fsp3) is 0.556. The molecule has 1 atom stereocenters. The number of anilines is 1. The molecule has 0 bridgehead atoms. The Morgan fingerprint density at radius 1 is 1.24 bits per heavy atom. The molecule has 0 aromatic heterocycles. The molecule has 1 aromatic carbocycles. The van der Waals surface area contributed by atoms with Crippen LogP contribution in [-0.2, 0) is 4.79 Å². The first-order valence-electron chi connectivity index (χ1n) is 8.72. The van der Waals surface area contributed by atoms with E-state index in [1.807, 2.05) is 19.2 Å². The number of halogens is 1. The van der Waals surface area contributed by atoms with Crippen molar-refractivity contribution in [2.24, 2.45) is 0 Å². The first kappa shape index (κ1) is 18.0. The summed E-state index contributed by atoms with van der Waals surface area (Å²) in [6.07, 6.45) is 2.30. The van der Waals surface area contributed by atoms with E-state index in [0.29, 0.717) is 18.0 Å². The van der Waals surface area contributed by atoms with E-state index in [1.165, 1.54) is 0 Å². The number of piperidine rings is 1. The van der Waals surface area contributed by atoms with Crippen LogP contribution in [0.5, 0.6) is 0 Å². The van der Waals surface area contributed by atoms with Crippen LogP contribution in [0.4, 0.5) is 10.5 Å². The normalized spacial score (nSPS) is 22.3. The van der Waals surface area contributed by atoms with Crippen LogP contribution in [0, 0.1) is 0 Å². The molecular weight excluding hydrogens is 340 g/mol. The smallest absolute Gasteiger partial charge is 0.317 e. The number of carbonyl (C=O) groups is 2. The molecule has 0 saturated carbocycles. The average Bonchev–Trinajstić information content (AvgIpc) is 2.96. The van der Waals surface area contributed by atoms with Crippen LogP contribution in [-0.4, -0.2) is 67.6 Å². The van der Waals surface area contributed by atoms with E-state index >= 15 is 0 Å². The second-order valence-electron chi connectivity index (χ2n) is 6.98. The molecule has 1 aromatic rings. The summed E-state index contributed by atoms with van der Waals surface area (Å²) in [5.41, 5.74) is 0.815. The maximum Gasteiger partial charge on any atom is 0.317 e. The number of nitrogens with one attached hydrogen (secondary N) is 1. The number of benzene rings is 1. The lowest BCUT2D eigenvalue weighted by Crippen LogP contribution is -2.50.